The van der Waals surface area contributed by atoms with Gasteiger partial charge in [0.05, 0.1) is 0 Å². The lowest BCUT2D eigenvalue weighted by molar-refractivity contribution is -0.343. The molecule has 108 valence electrons. The zero-order valence-electron chi connectivity index (χ0n) is 8.99. The fourth-order valence-corrected chi connectivity index (χ4v) is 1.57. The van der Waals surface area contributed by atoms with E-state index in [4.69, 9.17) is 0 Å². The molecule has 1 amide bonds. The number of nitrogens with zero attached hydrogens (tertiary/aromatic N) is 1. The van der Waals surface area contributed by atoms with Crippen molar-refractivity contribution < 1.29 is 35.5 Å². The molecule has 1 N–H and O–H groups in total. The van der Waals surface area contributed by atoms with Gasteiger partial charge in [0.15, 0.2) is 5.13 Å². The van der Waals surface area contributed by atoms with Crippen LogP contribution in [0.15, 0.2) is 6.20 Å². The number of rotatable bonds is 3. The Morgan fingerprint density at radius 3 is 2.11 bits per heavy atom. The quantitative estimate of drug-likeness (QED) is 0.871. The van der Waals surface area contributed by atoms with Crippen LogP contribution in [0.2, 0.25) is 0 Å². The summed E-state index contributed by atoms with van der Waals surface area (Å²) in [5, 5.41) is 0.720. The number of thiazole rings is 1. The highest BCUT2D eigenvalue weighted by molar-refractivity contribution is 7.15. The summed E-state index contributed by atoms with van der Waals surface area (Å²) < 4.78 is 86.2. The maximum Gasteiger partial charge on any atom is 0.460 e. The van der Waals surface area contributed by atoms with Gasteiger partial charge in [0, 0.05) is 11.1 Å². The van der Waals surface area contributed by atoms with Crippen LogP contribution in [0.25, 0.3) is 0 Å². The molecule has 0 fully saturated rings. The molecule has 3 nitrogen and oxygen atoms in total. The Hall–Kier alpha value is -1.39. The Labute approximate surface area is 105 Å². The predicted octanol–water partition coefficient (Wildman–Crippen LogP) is 3.22. The molecule has 0 aliphatic heterocycles. The Morgan fingerprint density at radius 2 is 1.74 bits per heavy atom. The third-order valence-corrected chi connectivity index (χ3v) is 2.71. The van der Waals surface area contributed by atoms with Crippen molar-refractivity contribution in [2.45, 2.75) is 24.9 Å². The van der Waals surface area contributed by atoms with Gasteiger partial charge in [-0.1, -0.05) is 0 Å². The van der Waals surface area contributed by atoms with E-state index < -0.39 is 29.1 Å². The molecule has 0 unspecified atom stereocenters. The molecular formula is C8H5F7N2OS. The van der Waals surface area contributed by atoms with Gasteiger partial charge in [0.25, 0.3) is 0 Å². The number of hydrogen-bond acceptors (Lipinski definition) is 3. The number of nitrogens with one attached hydrogen (secondary N) is 1. The molecule has 1 heterocycles. The van der Waals surface area contributed by atoms with Crippen molar-refractivity contribution in [1.82, 2.24) is 4.98 Å². The van der Waals surface area contributed by atoms with Crippen molar-refractivity contribution in [1.29, 1.82) is 0 Å². The Bertz CT molecular complexity index is 482. The van der Waals surface area contributed by atoms with Crippen LogP contribution in [0.5, 0.6) is 0 Å². The molecule has 0 aliphatic rings. The standard InChI is InChI=1S/C8H5F7N2OS/c1-3-2-16-5(19-3)17-4(18)6(9,10)7(11,12)8(13,14)15/h2H,1H3,(H,16,17,18). The number of aromatic nitrogens is 1. The summed E-state index contributed by atoms with van der Waals surface area (Å²) in [5.74, 6) is -15.2. The van der Waals surface area contributed by atoms with E-state index in [0.717, 1.165) is 6.20 Å². The first-order valence-electron chi connectivity index (χ1n) is 4.46. The summed E-state index contributed by atoms with van der Waals surface area (Å²) in [6.45, 7) is 1.47. The number of amides is 1. The van der Waals surface area contributed by atoms with Gasteiger partial charge in [-0.05, 0) is 6.92 Å². The largest absolute Gasteiger partial charge is 0.460 e. The predicted molar refractivity (Wildman–Crippen MR) is 51.4 cm³/mol. The summed E-state index contributed by atoms with van der Waals surface area (Å²) >= 11 is 0.648. The van der Waals surface area contributed by atoms with Gasteiger partial charge < -0.3 is 0 Å². The smallest absolute Gasteiger partial charge is 0.296 e. The Kier molecular flexibility index (Phi) is 3.81. The summed E-state index contributed by atoms with van der Waals surface area (Å²) in [7, 11) is 0. The molecule has 0 saturated heterocycles. The van der Waals surface area contributed by atoms with E-state index in [1.807, 2.05) is 0 Å². The average molecular weight is 310 g/mol. The van der Waals surface area contributed by atoms with Crippen LogP contribution < -0.4 is 5.32 Å². The summed E-state index contributed by atoms with van der Waals surface area (Å²) in [5.41, 5.74) is 0. The first kappa shape index (κ1) is 15.7. The normalized spacial score (nSPS) is 13.5. The zero-order chi connectivity index (χ0) is 15.1. The summed E-state index contributed by atoms with van der Waals surface area (Å²) in [6.07, 6.45) is -5.42. The van der Waals surface area contributed by atoms with Gasteiger partial charge in [-0.15, -0.1) is 11.3 Å². The fraction of sp³-hybridized carbons (Fsp3) is 0.500. The Morgan fingerprint density at radius 1 is 1.21 bits per heavy atom. The minimum atomic E-state index is -6.55. The monoisotopic (exact) mass is 310 g/mol. The maximum absolute atomic E-state index is 12.9. The number of carbonyl (C=O) groups excluding carboxylic acids is 1. The fourth-order valence-electron chi connectivity index (χ4n) is 0.909. The summed E-state index contributed by atoms with van der Waals surface area (Å²) in [6, 6.07) is 0. The van der Waals surface area contributed by atoms with Crippen LogP contribution in [0, 0.1) is 6.92 Å². The number of alkyl halides is 7. The van der Waals surface area contributed by atoms with Gasteiger partial charge in [-0.2, -0.15) is 30.7 Å². The minimum absolute atomic E-state index is 0.446. The van der Waals surface area contributed by atoms with Crippen LogP contribution in [0.3, 0.4) is 0 Å². The lowest BCUT2D eigenvalue weighted by Gasteiger charge is -2.26. The number of aryl methyl sites for hydroxylation is 1. The molecule has 0 atom stereocenters. The van der Waals surface area contributed by atoms with E-state index in [1.165, 1.54) is 12.2 Å². The number of carbonyl (C=O) groups is 1. The molecule has 0 aromatic carbocycles. The third-order valence-electron chi connectivity index (χ3n) is 1.88. The molecule has 0 radical (unpaired) electrons. The van der Waals surface area contributed by atoms with Gasteiger partial charge >= 0.3 is 23.9 Å². The molecule has 0 bridgehead atoms. The van der Waals surface area contributed by atoms with Crippen LogP contribution in [-0.4, -0.2) is 28.9 Å². The van der Waals surface area contributed by atoms with Crippen molar-refractivity contribution in [2.24, 2.45) is 0 Å². The summed E-state index contributed by atoms with van der Waals surface area (Å²) in [4.78, 5) is 14.6. The lowest BCUT2D eigenvalue weighted by atomic mass is 10.1. The van der Waals surface area contributed by atoms with Crippen LogP contribution in [0.1, 0.15) is 4.88 Å². The molecule has 0 spiro atoms. The van der Waals surface area contributed by atoms with Crippen LogP contribution >= 0.6 is 11.3 Å². The van der Waals surface area contributed by atoms with Gasteiger partial charge in [-0.3, -0.25) is 10.1 Å². The first-order valence-corrected chi connectivity index (χ1v) is 5.27. The highest BCUT2D eigenvalue weighted by atomic mass is 32.1. The van der Waals surface area contributed by atoms with Crippen molar-refractivity contribution >= 4 is 22.4 Å². The van der Waals surface area contributed by atoms with Crippen molar-refractivity contribution in [3.63, 3.8) is 0 Å². The highest BCUT2D eigenvalue weighted by Gasteiger charge is 2.76. The van der Waals surface area contributed by atoms with Gasteiger partial charge in [-0.25, -0.2) is 4.98 Å². The van der Waals surface area contributed by atoms with E-state index in [2.05, 4.69) is 4.98 Å². The molecule has 1 aromatic rings. The minimum Gasteiger partial charge on any atom is -0.296 e. The van der Waals surface area contributed by atoms with Crippen molar-refractivity contribution in [2.75, 3.05) is 5.32 Å². The van der Waals surface area contributed by atoms with Crippen LogP contribution in [0.4, 0.5) is 35.9 Å². The maximum atomic E-state index is 12.9. The molecule has 1 rings (SSSR count). The number of halogens is 7. The molecule has 0 aliphatic carbocycles. The third kappa shape index (κ3) is 2.80. The van der Waals surface area contributed by atoms with E-state index in [9.17, 15) is 35.5 Å². The van der Waals surface area contributed by atoms with Crippen molar-refractivity contribution in [3.8, 4) is 0 Å². The molecule has 11 heteroatoms. The van der Waals surface area contributed by atoms with E-state index in [0.29, 0.717) is 16.2 Å². The van der Waals surface area contributed by atoms with E-state index in [-0.39, 0.29) is 0 Å². The van der Waals surface area contributed by atoms with Gasteiger partial charge in [0.2, 0.25) is 0 Å². The Balaban J connectivity index is 2.97. The topological polar surface area (TPSA) is 42.0 Å². The number of hydrogen-bond donors (Lipinski definition) is 1. The average Bonchev–Trinajstić information content (AvgIpc) is 2.61. The van der Waals surface area contributed by atoms with Gasteiger partial charge in [0.1, 0.15) is 0 Å². The number of anilines is 1. The highest BCUT2D eigenvalue weighted by Crippen LogP contribution is 2.46. The second-order valence-corrected chi connectivity index (χ2v) is 4.61. The van der Waals surface area contributed by atoms with Crippen LogP contribution in [-0.2, 0) is 4.79 Å². The van der Waals surface area contributed by atoms with E-state index >= 15 is 0 Å². The second-order valence-electron chi connectivity index (χ2n) is 3.38. The van der Waals surface area contributed by atoms with E-state index in [1.54, 1.807) is 0 Å². The molecule has 0 saturated carbocycles. The molecule has 1 aromatic heterocycles. The zero-order valence-corrected chi connectivity index (χ0v) is 9.80. The lowest BCUT2D eigenvalue weighted by Crippen LogP contribution is -2.57. The molecular weight excluding hydrogens is 305 g/mol. The first-order chi connectivity index (χ1) is 8.39. The second kappa shape index (κ2) is 4.62. The SMILES string of the molecule is Cc1cnc(NC(=O)C(F)(F)C(F)(F)C(F)(F)F)s1. The van der Waals surface area contributed by atoms with Crippen molar-refractivity contribution in [3.05, 3.63) is 11.1 Å². The molecule has 19 heavy (non-hydrogen) atoms.